The lowest BCUT2D eigenvalue weighted by Crippen LogP contribution is -2.45. The van der Waals surface area contributed by atoms with Gasteiger partial charge in [0.25, 0.3) is 5.91 Å². The molecule has 6 nitrogen and oxygen atoms in total. The predicted molar refractivity (Wildman–Crippen MR) is 112 cm³/mol. The normalized spacial score (nSPS) is 16.6. The number of benzene rings is 2. The Bertz CT molecular complexity index is 938. The topological polar surface area (TPSA) is 87.1 Å². The summed E-state index contributed by atoms with van der Waals surface area (Å²) in [5.41, 5.74) is 0.100. The van der Waals surface area contributed by atoms with Crippen LogP contribution in [0, 0.1) is 0 Å². The maximum absolute atomic E-state index is 13.0. The highest BCUT2D eigenvalue weighted by atomic mass is 31.2. The largest absolute Gasteiger partial charge is 0.481 e. The molecular formula is C22H25F3NO5P. The second-order valence-electron chi connectivity index (χ2n) is 7.82. The van der Waals surface area contributed by atoms with Crippen LogP contribution in [-0.2, 0) is 15.5 Å². The Labute approximate surface area is 184 Å². The van der Waals surface area contributed by atoms with Crippen molar-refractivity contribution in [3.05, 3.63) is 65.7 Å². The smallest absolute Gasteiger partial charge is 0.416 e. The molecule has 1 saturated heterocycles. The van der Waals surface area contributed by atoms with Crippen LogP contribution in [0.1, 0.15) is 36.3 Å². The van der Waals surface area contributed by atoms with Gasteiger partial charge >= 0.3 is 13.8 Å². The lowest BCUT2D eigenvalue weighted by atomic mass is 9.88. The number of piperidine rings is 1. The Hall–Kier alpha value is -2.35. The molecule has 0 radical (unpaired) electrons. The molecule has 10 heteroatoms. The van der Waals surface area contributed by atoms with Gasteiger partial charge in [0.2, 0.25) is 0 Å². The maximum atomic E-state index is 13.0. The fourth-order valence-corrected chi connectivity index (χ4v) is 4.33. The van der Waals surface area contributed by atoms with Crippen LogP contribution in [0.15, 0.2) is 54.6 Å². The number of amides is 1. The van der Waals surface area contributed by atoms with Crippen LogP contribution in [0.5, 0.6) is 5.75 Å². The van der Waals surface area contributed by atoms with Crippen LogP contribution in [-0.4, -0.2) is 45.9 Å². The second-order valence-corrected chi connectivity index (χ2v) is 9.59. The Morgan fingerprint density at radius 3 is 2.19 bits per heavy atom. The van der Waals surface area contributed by atoms with Crippen molar-refractivity contribution < 1.29 is 37.1 Å². The van der Waals surface area contributed by atoms with Crippen molar-refractivity contribution in [2.45, 2.75) is 37.5 Å². The van der Waals surface area contributed by atoms with E-state index in [1.54, 1.807) is 35.2 Å². The highest BCUT2D eigenvalue weighted by Crippen LogP contribution is 2.36. The van der Waals surface area contributed by atoms with E-state index < -0.39 is 31.6 Å². The fourth-order valence-electron chi connectivity index (χ4n) is 3.76. The van der Waals surface area contributed by atoms with E-state index in [1.807, 2.05) is 0 Å². The summed E-state index contributed by atoms with van der Waals surface area (Å²) in [5.74, 6) is 0.106. The van der Waals surface area contributed by atoms with Crippen molar-refractivity contribution >= 4 is 13.5 Å². The van der Waals surface area contributed by atoms with Gasteiger partial charge in [-0.3, -0.25) is 9.36 Å². The summed E-state index contributed by atoms with van der Waals surface area (Å²) < 4.78 is 55.4. The van der Waals surface area contributed by atoms with Crippen LogP contribution in [0.3, 0.4) is 0 Å². The molecule has 0 aromatic heterocycles. The predicted octanol–water partition coefficient (Wildman–Crippen LogP) is 4.43. The summed E-state index contributed by atoms with van der Waals surface area (Å²) in [6.07, 6.45) is -4.86. The first kappa shape index (κ1) is 24.3. The standard InChI is InChI=1S/C22H25F3NO5P/c23-22(24,25)18-8-6-16(7-9-18)17-10-13-26(14-11-17)21(27)20(12-15-32(28,29)30)31-19-4-2-1-3-5-19/h1-9,17,20H,10-15H2,(H2,28,29,30). The number of ether oxygens (including phenoxy) is 1. The molecule has 0 spiro atoms. The van der Waals surface area contributed by atoms with Crippen LogP contribution in [0.2, 0.25) is 0 Å². The molecule has 1 fully saturated rings. The second kappa shape index (κ2) is 10.1. The molecule has 0 aliphatic carbocycles. The minimum atomic E-state index is -4.38. The van der Waals surface area contributed by atoms with E-state index in [0.717, 1.165) is 17.7 Å². The summed E-state index contributed by atoms with van der Waals surface area (Å²) in [6.45, 7) is 0.768. The number of nitrogens with zero attached hydrogens (tertiary/aromatic N) is 1. The van der Waals surface area contributed by atoms with Gasteiger partial charge in [-0.05, 0) is 48.6 Å². The van der Waals surface area contributed by atoms with E-state index in [4.69, 9.17) is 4.74 Å². The molecule has 1 aliphatic heterocycles. The van der Waals surface area contributed by atoms with Crippen LogP contribution in [0.25, 0.3) is 0 Å². The molecule has 0 saturated carbocycles. The van der Waals surface area contributed by atoms with Gasteiger partial charge in [0.05, 0.1) is 11.7 Å². The third-order valence-corrected chi connectivity index (χ3v) is 6.34. The zero-order chi connectivity index (χ0) is 23.4. The van der Waals surface area contributed by atoms with E-state index in [-0.39, 0.29) is 18.2 Å². The third kappa shape index (κ3) is 6.82. The molecule has 2 aromatic rings. The lowest BCUT2D eigenvalue weighted by molar-refractivity contribution is -0.140. The summed E-state index contributed by atoms with van der Waals surface area (Å²) in [5, 5.41) is 0. The summed E-state index contributed by atoms with van der Waals surface area (Å²) in [4.78, 5) is 33.1. The maximum Gasteiger partial charge on any atom is 0.416 e. The van der Waals surface area contributed by atoms with E-state index in [1.165, 1.54) is 12.1 Å². The zero-order valence-corrected chi connectivity index (χ0v) is 18.1. The Kier molecular flexibility index (Phi) is 7.64. The summed E-state index contributed by atoms with van der Waals surface area (Å²) >= 11 is 0. The Balaban J connectivity index is 1.63. The quantitative estimate of drug-likeness (QED) is 0.584. The van der Waals surface area contributed by atoms with Crippen LogP contribution in [0.4, 0.5) is 13.2 Å². The number of carbonyl (C=O) groups excluding carboxylic acids is 1. The number of rotatable bonds is 7. The molecule has 3 rings (SSSR count). The molecular weight excluding hydrogens is 446 g/mol. The highest BCUT2D eigenvalue weighted by Gasteiger charge is 2.33. The molecule has 1 atom stereocenters. The monoisotopic (exact) mass is 471 g/mol. The van der Waals surface area contributed by atoms with E-state index in [0.29, 0.717) is 31.7 Å². The van der Waals surface area contributed by atoms with Crippen LogP contribution >= 0.6 is 7.60 Å². The van der Waals surface area contributed by atoms with Gasteiger partial charge in [0.1, 0.15) is 5.75 Å². The average molecular weight is 471 g/mol. The fraction of sp³-hybridized carbons (Fsp3) is 0.409. The number of likely N-dealkylation sites (tertiary alicyclic amines) is 1. The van der Waals surface area contributed by atoms with Gasteiger partial charge in [-0.25, -0.2) is 0 Å². The van der Waals surface area contributed by atoms with Crippen molar-refractivity contribution in [2.24, 2.45) is 0 Å². The molecule has 174 valence electrons. The molecule has 0 bridgehead atoms. The minimum absolute atomic E-state index is 0.0323. The molecule has 1 aliphatic rings. The minimum Gasteiger partial charge on any atom is -0.481 e. The van der Waals surface area contributed by atoms with Crippen LogP contribution < -0.4 is 4.74 Å². The molecule has 1 amide bonds. The SMILES string of the molecule is O=C(C(CCP(=O)(O)O)Oc1ccccc1)N1CCC(c2ccc(C(F)(F)F)cc2)CC1. The summed E-state index contributed by atoms with van der Waals surface area (Å²) in [6, 6.07) is 13.7. The molecule has 32 heavy (non-hydrogen) atoms. The molecule has 1 unspecified atom stereocenters. The van der Waals surface area contributed by atoms with Crippen molar-refractivity contribution in [2.75, 3.05) is 19.3 Å². The number of hydrogen-bond donors (Lipinski definition) is 2. The molecule has 2 N–H and O–H groups in total. The van der Waals surface area contributed by atoms with Gasteiger partial charge in [-0.15, -0.1) is 0 Å². The number of alkyl halides is 3. The van der Waals surface area contributed by atoms with Gasteiger partial charge in [0.15, 0.2) is 6.10 Å². The van der Waals surface area contributed by atoms with Crippen molar-refractivity contribution in [3.8, 4) is 5.75 Å². The van der Waals surface area contributed by atoms with Gasteiger partial charge in [0, 0.05) is 19.5 Å². The average Bonchev–Trinajstić information content (AvgIpc) is 2.76. The number of halogens is 3. The van der Waals surface area contributed by atoms with Crippen molar-refractivity contribution in [1.82, 2.24) is 4.90 Å². The third-order valence-electron chi connectivity index (χ3n) is 5.50. The van der Waals surface area contributed by atoms with Gasteiger partial charge in [-0.2, -0.15) is 13.2 Å². The van der Waals surface area contributed by atoms with Crippen molar-refractivity contribution in [1.29, 1.82) is 0 Å². The number of para-hydroxylation sites is 1. The van der Waals surface area contributed by atoms with Gasteiger partial charge < -0.3 is 19.4 Å². The first-order chi connectivity index (χ1) is 15.0. The first-order valence-electron chi connectivity index (χ1n) is 10.2. The first-order valence-corrected chi connectivity index (χ1v) is 12.0. The highest BCUT2D eigenvalue weighted by molar-refractivity contribution is 7.51. The molecule has 1 heterocycles. The van der Waals surface area contributed by atoms with E-state index in [9.17, 15) is 32.3 Å². The van der Waals surface area contributed by atoms with Crippen molar-refractivity contribution in [3.63, 3.8) is 0 Å². The number of carbonyl (C=O) groups is 1. The van der Waals surface area contributed by atoms with Gasteiger partial charge in [-0.1, -0.05) is 30.3 Å². The lowest BCUT2D eigenvalue weighted by Gasteiger charge is -2.34. The van der Waals surface area contributed by atoms with E-state index >= 15 is 0 Å². The Morgan fingerprint density at radius 2 is 1.66 bits per heavy atom. The number of hydrogen-bond acceptors (Lipinski definition) is 3. The summed E-state index contributed by atoms with van der Waals surface area (Å²) in [7, 11) is -4.30. The van der Waals surface area contributed by atoms with E-state index in [2.05, 4.69) is 0 Å². The zero-order valence-electron chi connectivity index (χ0n) is 17.2. The Morgan fingerprint density at radius 1 is 1.06 bits per heavy atom. The molecule has 2 aromatic carbocycles.